The number of H-pyrrole nitrogens is 1. The lowest BCUT2D eigenvalue weighted by Crippen LogP contribution is -2.39. The van der Waals surface area contributed by atoms with Gasteiger partial charge in [-0.3, -0.25) is 14.6 Å². The van der Waals surface area contributed by atoms with Crippen molar-refractivity contribution in [3.63, 3.8) is 0 Å². The van der Waals surface area contributed by atoms with Gasteiger partial charge in [-0.1, -0.05) is 18.6 Å². The Morgan fingerprint density at radius 2 is 1.91 bits per heavy atom. The summed E-state index contributed by atoms with van der Waals surface area (Å²) in [4.78, 5) is 15.7. The second-order valence-corrected chi connectivity index (χ2v) is 13.3. The van der Waals surface area contributed by atoms with E-state index in [0.29, 0.717) is 13.2 Å². The maximum atomic E-state index is 13.2. The molecule has 2 aromatic carbocycles. The second kappa shape index (κ2) is 13.3. The van der Waals surface area contributed by atoms with Gasteiger partial charge in [0.05, 0.1) is 31.0 Å². The quantitative estimate of drug-likeness (QED) is 0.251. The van der Waals surface area contributed by atoms with Crippen LogP contribution in [-0.4, -0.2) is 64.3 Å². The van der Waals surface area contributed by atoms with Crippen molar-refractivity contribution in [1.82, 2.24) is 19.7 Å². The molecule has 1 fully saturated rings. The Hall–Kier alpha value is -3.82. The summed E-state index contributed by atoms with van der Waals surface area (Å²) in [6, 6.07) is 12.6. The fourth-order valence-electron chi connectivity index (χ4n) is 6.73. The number of aryl methyl sites for hydroxylation is 1. The number of nitrogens with zero attached hydrogens (tertiary/aromatic N) is 3. The van der Waals surface area contributed by atoms with Crippen molar-refractivity contribution < 1.29 is 23.7 Å². The van der Waals surface area contributed by atoms with E-state index in [1.807, 2.05) is 52.1 Å². The number of ether oxygens (including phenoxy) is 4. The topological polar surface area (TPSA) is 90.8 Å². The zero-order chi connectivity index (χ0) is 31.6. The maximum absolute atomic E-state index is 13.2. The van der Waals surface area contributed by atoms with Crippen LogP contribution in [0.2, 0.25) is 0 Å². The number of aromatic nitrogens is 3. The summed E-state index contributed by atoms with van der Waals surface area (Å²) in [5.74, 6) is 1.73. The van der Waals surface area contributed by atoms with Crippen LogP contribution in [0.5, 0.6) is 11.5 Å². The van der Waals surface area contributed by atoms with E-state index < -0.39 is 5.60 Å². The third-order valence-corrected chi connectivity index (χ3v) is 8.90. The molecule has 2 aromatic heterocycles. The summed E-state index contributed by atoms with van der Waals surface area (Å²) in [5.41, 5.74) is 5.45. The van der Waals surface area contributed by atoms with Crippen LogP contribution in [0.15, 0.2) is 48.8 Å². The summed E-state index contributed by atoms with van der Waals surface area (Å²) in [5, 5.41) is 8.24. The van der Waals surface area contributed by atoms with Gasteiger partial charge in [0.25, 0.3) is 0 Å². The first-order chi connectivity index (χ1) is 21.7. The molecular weight excluding hydrogens is 568 g/mol. The Kier molecular flexibility index (Phi) is 9.19. The van der Waals surface area contributed by atoms with Crippen molar-refractivity contribution in [2.75, 3.05) is 26.9 Å². The molecule has 0 unspecified atom stereocenters. The molecule has 6 rings (SSSR count). The molecule has 0 spiro atoms. The highest BCUT2D eigenvalue weighted by Crippen LogP contribution is 2.42. The van der Waals surface area contributed by atoms with Gasteiger partial charge in [0.2, 0.25) is 0 Å². The van der Waals surface area contributed by atoms with Crippen molar-refractivity contribution in [3.8, 4) is 22.8 Å². The van der Waals surface area contributed by atoms with E-state index in [1.54, 1.807) is 17.9 Å². The van der Waals surface area contributed by atoms with Gasteiger partial charge in [-0.15, -0.1) is 0 Å². The second-order valence-electron chi connectivity index (χ2n) is 13.3. The van der Waals surface area contributed by atoms with Gasteiger partial charge >= 0.3 is 6.09 Å². The molecular formula is C36H46N4O5. The first kappa shape index (κ1) is 31.2. The Balaban J connectivity index is 1.40. The third kappa shape index (κ3) is 6.89. The van der Waals surface area contributed by atoms with Gasteiger partial charge in [-0.05, 0) is 89.6 Å². The van der Waals surface area contributed by atoms with Crippen molar-refractivity contribution in [1.29, 1.82) is 0 Å². The number of rotatable bonds is 4. The highest BCUT2D eigenvalue weighted by atomic mass is 16.6. The normalized spacial score (nSPS) is 19.9. The molecule has 45 heavy (non-hydrogen) atoms. The number of carbonyl (C=O) groups is 1. The van der Waals surface area contributed by atoms with Crippen LogP contribution in [-0.2, 0) is 16.0 Å². The molecule has 1 saturated heterocycles. The minimum Gasteiger partial charge on any atom is -0.496 e. The Bertz CT molecular complexity index is 1620. The molecule has 2 aliphatic heterocycles. The molecule has 0 radical (unpaired) electrons. The number of nitrogens with one attached hydrogen (secondary N) is 1. The first-order valence-electron chi connectivity index (χ1n) is 16.2. The summed E-state index contributed by atoms with van der Waals surface area (Å²) in [6.45, 7) is 10.7. The number of aromatic amines is 1. The highest BCUT2D eigenvalue weighted by molar-refractivity contribution is 5.95. The van der Waals surface area contributed by atoms with Crippen molar-refractivity contribution in [3.05, 3.63) is 65.5 Å². The Morgan fingerprint density at radius 3 is 2.67 bits per heavy atom. The number of carbonyl (C=O) groups excluding carboxylic acids is 1. The number of piperidine rings is 1. The van der Waals surface area contributed by atoms with Gasteiger partial charge in [0, 0.05) is 60.2 Å². The molecule has 2 bridgehead atoms. The number of fused-ring (bicyclic) bond motifs is 5. The lowest BCUT2D eigenvalue weighted by molar-refractivity contribution is -0.0203. The average molecular weight is 615 g/mol. The number of hydrogen-bond donors (Lipinski definition) is 1. The predicted molar refractivity (Wildman–Crippen MR) is 175 cm³/mol. The van der Waals surface area contributed by atoms with Crippen LogP contribution in [0.3, 0.4) is 0 Å². The van der Waals surface area contributed by atoms with Crippen LogP contribution in [0.1, 0.15) is 82.0 Å². The standard InChI is InChI=1S/C36H46N4O5/c1-24-20-32(42-5)29(27-14-17-40(34(24)27)35(41)45-36(2,3)4)23-39-16-13-26-22-31(39)28-11-10-25(30-12-15-37-38-30)21-33(28)44-19-9-7-6-8-18-43-26/h10-12,14-15,17,20-21,26,31H,6-9,13,16,18-19,22-23H2,1-5H3,(H,37,38)/t26-,31-/m0/s1. The van der Waals surface area contributed by atoms with Gasteiger partial charge in [0.15, 0.2) is 0 Å². The van der Waals surface area contributed by atoms with Crippen LogP contribution < -0.4 is 9.47 Å². The van der Waals surface area contributed by atoms with Crippen LogP contribution >= 0.6 is 0 Å². The van der Waals surface area contributed by atoms with Crippen molar-refractivity contribution in [2.45, 2.75) is 90.5 Å². The van der Waals surface area contributed by atoms with Crippen molar-refractivity contribution >= 4 is 17.0 Å². The zero-order valence-electron chi connectivity index (χ0n) is 27.2. The summed E-state index contributed by atoms with van der Waals surface area (Å²) < 4.78 is 26.4. The van der Waals surface area contributed by atoms with E-state index in [2.05, 4.69) is 33.3 Å². The molecule has 0 aliphatic carbocycles. The van der Waals surface area contributed by atoms with Gasteiger partial charge in [-0.25, -0.2) is 4.79 Å². The molecule has 0 amide bonds. The Labute approximate surface area is 265 Å². The van der Waals surface area contributed by atoms with Gasteiger partial charge in [-0.2, -0.15) is 5.10 Å². The zero-order valence-corrected chi connectivity index (χ0v) is 27.2. The molecule has 4 heterocycles. The van der Waals surface area contributed by atoms with E-state index >= 15 is 0 Å². The minimum atomic E-state index is -0.595. The highest BCUT2D eigenvalue weighted by Gasteiger charge is 2.34. The average Bonchev–Trinajstić information content (AvgIpc) is 3.71. The van der Waals surface area contributed by atoms with E-state index in [-0.39, 0.29) is 18.2 Å². The number of benzene rings is 2. The van der Waals surface area contributed by atoms with E-state index in [1.165, 1.54) is 5.56 Å². The van der Waals surface area contributed by atoms with E-state index in [9.17, 15) is 4.79 Å². The summed E-state index contributed by atoms with van der Waals surface area (Å²) >= 11 is 0. The fraction of sp³-hybridized carbons (Fsp3) is 0.500. The molecule has 2 aliphatic rings. The lowest BCUT2D eigenvalue weighted by Gasteiger charge is -2.40. The van der Waals surface area contributed by atoms with Gasteiger partial charge < -0.3 is 18.9 Å². The molecule has 0 saturated carbocycles. The maximum Gasteiger partial charge on any atom is 0.419 e. The smallest absolute Gasteiger partial charge is 0.419 e. The number of likely N-dealkylation sites (tertiary alicyclic amines) is 1. The molecule has 9 heteroatoms. The molecule has 1 N–H and O–H groups in total. The molecule has 2 atom stereocenters. The van der Waals surface area contributed by atoms with E-state index in [0.717, 1.165) is 96.5 Å². The molecule has 9 nitrogen and oxygen atoms in total. The monoisotopic (exact) mass is 614 g/mol. The minimum absolute atomic E-state index is 0.0734. The largest absolute Gasteiger partial charge is 0.496 e. The van der Waals surface area contributed by atoms with Crippen LogP contribution in [0, 0.1) is 6.92 Å². The van der Waals surface area contributed by atoms with Gasteiger partial charge in [0.1, 0.15) is 17.1 Å². The predicted octanol–water partition coefficient (Wildman–Crippen LogP) is 7.81. The number of hydrogen-bond acceptors (Lipinski definition) is 7. The summed E-state index contributed by atoms with van der Waals surface area (Å²) in [6.07, 6.45) is 9.58. The number of methoxy groups -OCH3 is 1. The first-order valence-corrected chi connectivity index (χ1v) is 16.2. The SMILES string of the molecule is COc1cc(C)c2c(ccn2C(=O)OC(C)(C)C)c1CN1CC[C@H]2C[C@H]1c1ccc(-c3ccn[nH]3)cc1OCCCCCCO2. The summed E-state index contributed by atoms with van der Waals surface area (Å²) in [7, 11) is 1.72. The molecule has 240 valence electrons. The fourth-order valence-corrected chi connectivity index (χ4v) is 6.73. The molecule has 4 aromatic rings. The van der Waals surface area contributed by atoms with Crippen molar-refractivity contribution in [2.24, 2.45) is 0 Å². The van der Waals surface area contributed by atoms with E-state index in [4.69, 9.17) is 18.9 Å². The van der Waals surface area contributed by atoms with Crippen LogP contribution in [0.25, 0.3) is 22.2 Å². The third-order valence-electron chi connectivity index (χ3n) is 8.90. The lowest BCUT2D eigenvalue weighted by atomic mass is 9.90. The van der Waals surface area contributed by atoms with Crippen LogP contribution in [0.4, 0.5) is 4.79 Å². The Morgan fingerprint density at radius 1 is 1.09 bits per heavy atom.